The molecule has 7 nitrogen and oxygen atoms in total. The third kappa shape index (κ3) is 4.08. The van der Waals surface area contributed by atoms with Crippen molar-refractivity contribution >= 4 is 23.1 Å². The molecule has 1 atom stereocenters. The molecule has 8 heteroatoms. The van der Waals surface area contributed by atoms with Gasteiger partial charge in [0.15, 0.2) is 0 Å². The van der Waals surface area contributed by atoms with E-state index in [-0.39, 0.29) is 23.3 Å². The Kier molecular flexibility index (Phi) is 4.80. The van der Waals surface area contributed by atoms with Gasteiger partial charge in [0.1, 0.15) is 6.20 Å². The van der Waals surface area contributed by atoms with Crippen molar-refractivity contribution in [1.82, 2.24) is 9.97 Å². The first-order valence-electron chi connectivity index (χ1n) is 5.49. The molecular weight excluding hydrogens is 260 g/mol. The van der Waals surface area contributed by atoms with Gasteiger partial charge in [-0.2, -0.15) is 4.98 Å². The molecule has 0 saturated carbocycles. The van der Waals surface area contributed by atoms with Gasteiger partial charge in [-0.05, 0) is 24.9 Å². The van der Waals surface area contributed by atoms with E-state index >= 15 is 0 Å². The van der Waals surface area contributed by atoms with Crippen LogP contribution in [0.5, 0.6) is 0 Å². The summed E-state index contributed by atoms with van der Waals surface area (Å²) >= 11 is 5.59. The van der Waals surface area contributed by atoms with E-state index in [1.165, 1.54) is 0 Å². The van der Waals surface area contributed by atoms with Gasteiger partial charge < -0.3 is 10.4 Å². The van der Waals surface area contributed by atoms with Crippen LogP contribution in [-0.4, -0.2) is 32.1 Å². The summed E-state index contributed by atoms with van der Waals surface area (Å²) in [4.78, 5) is 17.5. The van der Waals surface area contributed by atoms with Crippen molar-refractivity contribution < 1.29 is 10.0 Å². The van der Waals surface area contributed by atoms with Crippen molar-refractivity contribution in [1.29, 1.82) is 0 Å². The summed E-state index contributed by atoms with van der Waals surface area (Å²) in [5.74, 6) is 0.0105. The lowest BCUT2D eigenvalue weighted by Crippen LogP contribution is -2.33. The Hall–Kier alpha value is -1.47. The number of rotatable bonds is 6. The molecule has 2 N–H and O–H groups in total. The second-order valence-electron chi connectivity index (χ2n) is 4.23. The van der Waals surface area contributed by atoms with E-state index in [1.54, 1.807) is 6.92 Å². The molecule has 0 fully saturated rings. The number of nitrogens with zero attached hydrogens (tertiary/aromatic N) is 3. The smallest absolute Gasteiger partial charge is 0.329 e. The van der Waals surface area contributed by atoms with E-state index in [0.29, 0.717) is 6.42 Å². The summed E-state index contributed by atoms with van der Waals surface area (Å²) in [7, 11) is 0. The zero-order chi connectivity index (χ0) is 13.8. The van der Waals surface area contributed by atoms with Gasteiger partial charge >= 0.3 is 5.69 Å². The van der Waals surface area contributed by atoms with E-state index in [1.807, 2.05) is 6.92 Å². The van der Waals surface area contributed by atoms with Crippen molar-refractivity contribution in [2.24, 2.45) is 0 Å². The summed E-state index contributed by atoms with van der Waals surface area (Å²) in [6, 6.07) is 0. The zero-order valence-corrected chi connectivity index (χ0v) is 10.9. The average Bonchev–Trinajstić information content (AvgIpc) is 2.26. The number of nitrogens with one attached hydrogen (secondary N) is 1. The van der Waals surface area contributed by atoms with Crippen LogP contribution in [0.2, 0.25) is 5.28 Å². The van der Waals surface area contributed by atoms with E-state index in [0.717, 1.165) is 12.6 Å². The van der Waals surface area contributed by atoms with Crippen molar-refractivity contribution in [3.05, 3.63) is 21.6 Å². The highest BCUT2D eigenvalue weighted by atomic mass is 35.5. The monoisotopic (exact) mass is 274 g/mol. The molecule has 0 aliphatic heterocycles. The Morgan fingerprint density at radius 1 is 1.67 bits per heavy atom. The van der Waals surface area contributed by atoms with E-state index in [9.17, 15) is 15.2 Å². The van der Waals surface area contributed by atoms with Gasteiger partial charge in [0.05, 0.1) is 10.5 Å². The fraction of sp³-hybridized carbons (Fsp3) is 0.600. The fourth-order valence-electron chi connectivity index (χ4n) is 1.52. The van der Waals surface area contributed by atoms with Crippen molar-refractivity contribution in [3.8, 4) is 0 Å². The molecule has 0 radical (unpaired) electrons. The van der Waals surface area contributed by atoms with Crippen LogP contribution in [0.15, 0.2) is 6.20 Å². The number of aliphatic hydroxyl groups is 1. The molecule has 0 bridgehead atoms. The lowest BCUT2D eigenvalue weighted by atomic mass is 10.0. The van der Waals surface area contributed by atoms with Crippen LogP contribution < -0.4 is 5.32 Å². The first-order valence-corrected chi connectivity index (χ1v) is 5.86. The lowest BCUT2D eigenvalue weighted by Gasteiger charge is -2.23. The second kappa shape index (κ2) is 5.92. The van der Waals surface area contributed by atoms with Gasteiger partial charge in [-0.1, -0.05) is 13.3 Å². The number of hydrogen-bond acceptors (Lipinski definition) is 6. The molecule has 0 aromatic carbocycles. The van der Waals surface area contributed by atoms with Gasteiger partial charge in [0.2, 0.25) is 11.1 Å². The van der Waals surface area contributed by atoms with Gasteiger partial charge in [-0.15, -0.1) is 0 Å². The van der Waals surface area contributed by atoms with Crippen LogP contribution in [0.4, 0.5) is 11.5 Å². The predicted octanol–water partition coefficient (Wildman–Crippen LogP) is 2.00. The standard InChI is InChI=1S/C10H15ClN4O3/c1-3-4-10(2,16)6-13-8-7(15(17)18)5-12-9(11)14-8/h5,16H,3-4,6H2,1-2H3,(H,12,13,14). The number of aromatic nitrogens is 2. The highest BCUT2D eigenvalue weighted by molar-refractivity contribution is 6.28. The molecule has 100 valence electrons. The highest BCUT2D eigenvalue weighted by Crippen LogP contribution is 2.23. The van der Waals surface area contributed by atoms with Crippen molar-refractivity contribution in [2.75, 3.05) is 11.9 Å². The largest absolute Gasteiger partial charge is 0.388 e. The minimum Gasteiger partial charge on any atom is -0.388 e. The predicted molar refractivity (Wildman–Crippen MR) is 67.7 cm³/mol. The molecule has 0 saturated heterocycles. The van der Waals surface area contributed by atoms with E-state index in [4.69, 9.17) is 11.6 Å². The summed E-state index contributed by atoms with van der Waals surface area (Å²) in [5, 5.41) is 23.4. The molecule has 0 aliphatic rings. The maximum absolute atomic E-state index is 10.8. The number of hydrogen-bond donors (Lipinski definition) is 2. The Bertz CT molecular complexity index is 439. The van der Waals surface area contributed by atoms with Crippen molar-refractivity contribution in [3.63, 3.8) is 0 Å². The zero-order valence-electron chi connectivity index (χ0n) is 10.2. The van der Waals surface area contributed by atoms with Gasteiger partial charge in [0, 0.05) is 6.54 Å². The minimum absolute atomic E-state index is 0.0105. The van der Waals surface area contributed by atoms with Crippen LogP contribution in [0.25, 0.3) is 0 Å². The Morgan fingerprint density at radius 2 is 2.33 bits per heavy atom. The maximum Gasteiger partial charge on any atom is 0.329 e. The lowest BCUT2D eigenvalue weighted by molar-refractivity contribution is -0.384. The Morgan fingerprint density at radius 3 is 2.89 bits per heavy atom. The number of anilines is 1. The summed E-state index contributed by atoms with van der Waals surface area (Å²) in [6.45, 7) is 3.74. The molecule has 0 aliphatic carbocycles. The van der Waals surface area contributed by atoms with Crippen LogP contribution in [0.1, 0.15) is 26.7 Å². The molecule has 18 heavy (non-hydrogen) atoms. The molecule has 0 amide bonds. The third-order valence-corrected chi connectivity index (χ3v) is 2.54. The Balaban J connectivity index is 2.83. The fourth-order valence-corrected chi connectivity index (χ4v) is 1.65. The summed E-state index contributed by atoms with van der Waals surface area (Å²) in [6.07, 6.45) is 2.42. The Labute approximate surface area is 109 Å². The average molecular weight is 275 g/mol. The van der Waals surface area contributed by atoms with Crippen LogP contribution >= 0.6 is 11.6 Å². The molecule has 1 aromatic heterocycles. The molecule has 1 rings (SSSR count). The topological polar surface area (TPSA) is 101 Å². The summed E-state index contributed by atoms with van der Waals surface area (Å²) < 4.78 is 0. The van der Waals surface area contributed by atoms with Gasteiger partial charge in [0.25, 0.3) is 0 Å². The summed E-state index contributed by atoms with van der Waals surface area (Å²) in [5.41, 5.74) is -1.23. The quantitative estimate of drug-likeness (QED) is 0.467. The van der Waals surface area contributed by atoms with Gasteiger partial charge in [-0.3, -0.25) is 10.1 Å². The molecule has 1 heterocycles. The first kappa shape index (κ1) is 14.6. The molecular formula is C10H15ClN4O3. The number of nitro groups is 1. The molecule has 1 aromatic rings. The van der Waals surface area contributed by atoms with Gasteiger partial charge in [-0.25, -0.2) is 4.98 Å². The van der Waals surface area contributed by atoms with Crippen LogP contribution in [-0.2, 0) is 0 Å². The maximum atomic E-state index is 10.8. The SMILES string of the molecule is CCCC(C)(O)CNc1nc(Cl)ncc1[N+](=O)[O-]. The highest BCUT2D eigenvalue weighted by Gasteiger charge is 2.22. The van der Waals surface area contributed by atoms with E-state index in [2.05, 4.69) is 15.3 Å². The van der Waals surface area contributed by atoms with Crippen molar-refractivity contribution in [2.45, 2.75) is 32.3 Å². The van der Waals surface area contributed by atoms with Crippen LogP contribution in [0.3, 0.4) is 0 Å². The van der Waals surface area contributed by atoms with Crippen LogP contribution in [0, 0.1) is 10.1 Å². The minimum atomic E-state index is -0.958. The second-order valence-corrected chi connectivity index (χ2v) is 4.57. The third-order valence-electron chi connectivity index (χ3n) is 2.36. The first-order chi connectivity index (χ1) is 8.35. The molecule has 1 unspecified atom stereocenters. The normalized spacial score (nSPS) is 14.0. The molecule has 0 spiro atoms. The van der Waals surface area contributed by atoms with E-state index < -0.39 is 10.5 Å². The number of halogens is 1.